The first-order chi connectivity index (χ1) is 8.65. The average molecular weight is 260 g/mol. The Kier molecular flexibility index (Phi) is 4.50. The molecule has 3 heteroatoms. The maximum atomic E-state index is 4.43. The molecule has 2 aromatic rings. The Morgan fingerprint density at radius 2 is 1.94 bits per heavy atom. The molecule has 1 heterocycles. The molecule has 0 radical (unpaired) electrons. The van der Waals surface area contributed by atoms with Gasteiger partial charge in [0.1, 0.15) is 5.01 Å². The minimum Gasteiger partial charge on any atom is -0.305 e. The van der Waals surface area contributed by atoms with E-state index in [0.717, 1.165) is 6.42 Å². The lowest BCUT2D eigenvalue weighted by atomic mass is 10.1. The third-order valence-corrected chi connectivity index (χ3v) is 4.02. The number of hydrogen-bond acceptors (Lipinski definition) is 3. The topological polar surface area (TPSA) is 24.9 Å². The number of aromatic nitrogens is 1. The molecule has 0 bridgehead atoms. The summed E-state index contributed by atoms with van der Waals surface area (Å²) in [6, 6.07) is 11.4. The number of hydrogen-bond donors (Lipinski definition) is 1. The van der Waals surface area contributed by atoms with Crippen molar-refractivity contribution in [1.29, 1.82) is 0 Å². The second-order valence-corrected chi connectivity index (χ2v) is 6.05. The molecule has 96 valence electrons. The van der Waals surface area contributed by atoms with E-state index < -0.39 is 0 Å². The highest BCUT2D eigenvalue weighted by Gasteiger charge is 2.12. The van der Waals surface area contributed by atoms with Crippen LogP contribution in [0.4, 0.5) is 0 Å². The van der Waals surface area contributed by atoms with Crippen LogP contribution in [0.1, 0.15) is 35.3 Å². The Labute approximate surface area is 113 Å². The van der Waals surface area contributed by atoms with Crippen LogP contribution in [0.5, 0.6) is 0 Å². The van der Waals surface area contributed by atoms with Crippen LogP contribution < -0.4 is 5.32 Å². The zero-order chi connectivity index (χ0) is 13.0. The van der Waals surface area contributed by atoms with E-state index in [1.54, 1.807) is 11.3 Å². The number of nitrogens with one attached hydrogen (secondary N) is 1. The molecule has 0 aliphatic carbocycles. The summed E-state index contributed by atoms with van der Waals surface area (Å²) in [6.45, 7) is 6.50. The third-order valence-electron chi connectivity index (χ3n) is 2.93. The van der Waals surface area contributed by atoms with E-state index in [-0.39, 0.29) is 0 Å². The molecule has 0 saturated heterocycles. The Morgan fingerprint density at radius 1 is 1.22 bits per heavy atom. The Morgan fingerprint density at radius 3 is 2.56 bits per heavy atom. The standard InChI is InChI=1S/C15H20N2S/c1-11(9-14-7-5-4-6-8-14)17-13(3)15-16-10-12(2)18-15/h4-8,10-11,13,17H,9H2,1-3H3. The van der Waals surface area contributed by atoms with E-state index in [9.17, 15) is 0 Å². The molecule has 2 atom stereocenters. The van der Waals surface area contributed by atoms with Crippen molar-refractivity contribution in [2.24, 2.45) is 0 Å². The third kappa shape index (κ3) is 3.65. The highest BCUT2D eigenvalue weighted by Crippen LogP contribution is 2.19. The van der Waals surface area contributed by atoms with E-state index >= 15 is 0 Å². The fourth-order valence-corrected chi connectivity index (χ4v) is 2.88. The van der Waals surface area contributed by atoms with Gasteiger partial charge in [0.25, 0.3) is 0 Å². The summed E-state index contributed by atoms with van der Waals surface area (Å²) in [5.74, 6) is 0. The zero-order valence-corrected chi connectivity index (χ0v) is 12.0. The second kappa shape index (κ2) is 6.12. The van der Waals surface area contributed by atoms with Gasteiger partial charge < -0.3 is 5.32 Å². The van der Waals surface area contributed by atoms with E-state index in [0.29, 0.717) is 12.1 Å². The van der Waals surface area contributed by atoms with Crippen molar-refractivity contribution in [1.82, 2.24) is 10.3 Å². The Hall–Kier alpha value is -1.19. The molecule has 0 aliphatic rings. The monoisotopic (exact) mass is 260 g/mol. The molecule has 0 saturated carbocycles. The summed E-state index contributed by atoms with van der Waals surface area (Å²) >= 11 is 1.77. The predicted molar refractivity (Wildman–Crippen MR) is 78.0 cm³/mol. The predicted octanol–water partition coefficient (Wildman–Crippen LogP) is 3.73. The highest BCUT2D eigenvalue weighted by atomic mass is 32.1. The van der Waals surface area contributed by atoms with Gasteiger partial charge in [0, 0.05) is 17.1 Å². The summed E-state index contributed by atoms with van der Waals surface area (Å²) in [6.07, 6.45) is 3.00. The first-order valence-corrected chi connectivity index (χ1v) is 7.19. The average Bonchev–Trinajstić information content (AvgIpc) is 2.77. The number of aryl methyl sites for hydroxylation is 1. The van der Waals surface area contributed by atoms with E-state index in [2.05, 4.69) is 61.4 Å². The molecule has 2 unspecified atom stereocenters. The first-order valence-electron chi connectivity index (χ1n) is 6.37. The minimum absolute atomic E-state index is 0.322. The van der Waals surface area contributed by atoms with Gasteiger partial charge in [0.15, 0.2) is 0 Å². The van der Waals surface area contributed by atoms with Gasteiger partial charge in [0.2, 0.25) is 0 Å². The van der Waals surface area contributed by atoms with Crippen molar-refractivity contribution in [3.05, 3.63) is 52.0 Å². The van der Waals surface area contributed by atoms with Gasteiger partial charge in [0.05, 0.1) is 6.04 Å². The Bertz CT molecular complexity index is 478. The van der Waals surface area contributed by atoms with Crippen LogP contribution in [0.25, 0.3) is 0 Å². The molecule has 2 nitrogen and oxygen atoms in total. The number of thiazole rings is 1. The van der Waals surface area contributed by atoms with Crippen molar-refractivity contribution in [2.45, 2.75) is 39.3 Å². The maximum absolute atomic E-state index is 4.43. The fourth-order valence-electron chi connectivity index (χ4n) is 2.10. The largest absolute Gasteiger partial charge is 0.305 e. The first kappa shape index (κ1) is 13.2. The van der Waals surface area contributed by atoms with Gasteiger partial charge >= 0.3 is 0 Å². The van der Waals surface area contributed by atoms with Gasteiger partial charge in [-0.2, -0.15) is 0 Å². The molecule has 0 aliphatic heterocycles. The van der Waals surface area contributed by atoms with Crippen molar-refractivity contribution >= 4 is 11.3 Å². The summed E-state index contributed by atoms with van der Waals surface area (Å²) < 4.78 is 0. The van der Waals surface area contributed by atoms with Gasteiger partial charge in [-0.05, 0) is 32.8 Å². The summed E-state index contributed by atoms with van der Waals surface area (Å²) in [4.78, 5) is 5.70. The van der Waals surface area contributed by atoms with Crippen molar-refractivity contribution in [2.75, 3.05) is 0 Å². The number of rotatable bonds is 5. The SMILES string of the molecule is Cc1cnc(C(C)NC(C)Cc2ccccc2)s1. The van der Waals surface area contributed by atoms with Gasteiger partial charge in [-0.3, -0.25) is 0 Å². The quantitative estimate of drug-likeness (QED) is 0.886. The van der Waals surface area contributed by atoms with E-state index in [4.69, 9.17) is 0 Å². The molecule has 1 N–H and O–H groups in total. The molecular formula is C15H20N2S. The lowest BCUT2D eigenvalue weighted by Crippen LogP contribution is -2.30. The summed E-state index contributed by atoms with van der Waals surface area (Å²) in [5.41, 5.74) is 1.38. The van der Waals surface area contributed by atoms with Crippen LogP contribution in [-0.4, -0.2) is 11.0 Å². The van der Waals surface area contributed by atoms with Crippen LogP contribution in [0.3, 0.4) is 0 Å². The van der Waals surface area contributed by atoms with Crippen LogP contribution in [0, 0.1) is 6.92 Å². The van der Waals surface area contributed by atoms with E-state index in [1.807, 2.05) is 6.20 Å². The van der Waals surface area contributed by atoms with Gasteiger partial charge in [-0.25, -0.2) is 4.98 Å². The van der Waals surface area contributed by atoms with Crippen molar-refractivity contribution < 1.29 is 0 Å². The van der Waals surface area contributed by atoms with Crippen molar-refractivity contribution in [3.8, 4) is 0 Å². The smallest absolute Gasteiger partial charge is 0.109 e. The molecule has 0 amide bonds. The molecule has 2 rings (SSSR count). The van der Waals surface area contributed by atoms with Crippen LogP contribution in [0.2, 0.25) is 0 Å². The minimum atomic E-state index is 0.322. The molecule has 0 fully saturated rings. The molecular weight excluding hydrogens is 240 g/mol. The van der Waals surface area contributed by atoms with Gasteiger partial charge in [-0.1, -0.05) is 30.3 Å². The van der Waals surface area contributed by atoms with Gasteiger partial charge in [-0.15, -0.1) is 11.3 Å². The molecule has 1 aromatic carbocycles. The number of benzene rings is 1. The summed E-state index contributed by atoms with van der Waals surface area (Å²) in [7, 11) is 0. The fraction of sp³-hybridized carbons (Fsp3) is 0.400. The van der Waals surface area contributed by atoms with E-state index in [1.165, 1.54) is 15.4 Å². The normalized spacial score (nSPS) is 14.4. The highest BCUT2D eigenvalue weighted by molar-refractivity contribution is 7.11. The lowest BCUT2D eigenvalue weighted by molar-refractivity contribution is 0.476. The molecule has 0 spiro atoms. The second-order valence-electron chi connectivity index (χ2n) is 4.79. The molecule has 1 aromatic heterocycles. The number of nitrogens with zero attached hydrogens (tertiary/aromatic N) is 1. The maximum Gasteiger partial charge on any atom is 0.109 e. The summed E-state index contributed by atoms with van der Waals surface area (Å²) in [5, 5.41) is 4.78. The molecule has 18 heavy (non-hydrogen) atoms. The zero-order valence-electron chi connectivity index (χ0n) is 11.2. The van der Waals surface area contributed by atoms with Crippen LogP contribution >= 0.6 is 11.3 Å². The lowest BCUT2D eigenvalue weighted by Gasteiger charge is -2.18. The van der Waals surface area contributed by atoms with Crippen molar-refractivity contribution in [3.63, 3.8) is 0 Å². The Balaban J connectivity index is 1.89. The van der Waals surface area contributed by atoms with Crippen LogP contribution in [-0.2, 0) is 6.42 Å². The van der Waals surface area contributed by atoms with Crippen LogP contribution in [0.15, 0.2) is 36.5 Å².